The Morgan fingerprint density at radius 1 is 1.24 bits per heavy atom. The van der Waals surface area contributed by atoms with Gasteiger partial charge in [0.05, 0.1) is 12.1 Å². The van der Waals surface area contributed by atoms with Crippen LogP contribution >= 0.6 is 12.6 Å². The first-order chi connectivity index (χ1) is 8.60. The van der Waals surface area contributed by atoms with Crippen LogP contribution in [-0.2, 0) is 16.0 Å². The first kappa shape index (κ1) is 12.3. The lowest BCUT2D eigenvalue weighted by molar-refractivity contribution is -0.137. The third-order valence-electron chi connectivity index (χ3n) is 2.38. The van der Waals surface area contributed by atoms with E-state index < -0.39 is 23.7 Å². The Bertz CT molecular complexity index is 414. The first-order valence-electron chi connectivity index (χ1n) is 5.75. The zero-order chi connectivity index (χ0) is 13.5. The van der Waals surface area contributed by atoms with Crippen LogP contribution in [0, 0.1) is 0 Å². The molecule has 0 spiro atoms. The van der Waals surface area contributed by atoms with Crippen molar-refractivity contribution < 1.29 is 11.0 Å². The van der Waals surface area contributed by atoms with Crippen molar-refractivity contribution in [2.75, 3.05) is 5.75 Å². The van der Waals surface area contributed by atoms with E-state index in [1.807, 2.05) is 30.3 Å². The van der Waals surface area contributed by atoms with Crippen molar-refractivity contribution in [1.82, 2.24) is 0 Å². The minimum atomic E-state index is -0.910. The predicted molar refractivity (Wildman–Crippen MR) is 70.0 cm³/mol. The normalized spacial score (nSPS) is 14.8. The van der Waals surface area contributed by atoms with Gasteiger partial charge in [0.25, 0.3) is 0 Å². The summed E-state index contributed by atoms with van der Waals surface area (Å²) in [7, 11) is 0. The highest BCUT2D eigenvalue weighted by Gasteiger charge is 2.26. The first-order valence-corrected chi connectivity index (χ1v) is 5.89. The van der Waals surface area contributed by atoms with Gasteiger partial charge in [-0.25, -0.2) is 0 Å². The summed E-state index contributed by atoms with van der Waals surface area (Å²) in [5.74, 6) is -1.25. The van der Waals surface area contributed by atoms with E-state index in [9.17, 15) is 9.59 Å². The molecule has 0 aliphatic carbocycles. The second kappa shape index (κ2) is 6.54. The molecule has 0 fully saturated rings. The maximum Gasteiger partial charge on any atom is 0.217 e. The lowest BCUT2D eigenvalue weighted by Gasteiger charge is -2.12. The maximum absolute atomic E-state index is 11.8. The van der Waals surface area contributed by atoms with Crippen molar-refractivity contribution in [2.45, 2.75) is 18.5 Å². The number of benzene rings is 1. The highest BCUT2D eigenvalue weighted by molar-refractivity contribution is 7.80. The molecule has 92 valence electrons. The number of carbonyl (C=O) groups excluding carboxylic acids is 2. The zero-order valence-corrected chi connectivity index (χ0v) is 10.2. The van der Waals surface area contributed by atoms with Crippen LogP contribution in [0.2, 0.25) is 1.41 Å². The minimum Gasteiger partial charge on any atom is -0.321 e. The van der Waals surface area contributed by atoms with Crippen molar-refractivity contribution in [3.05, 3.63) is 35.9 Å². The SMILES string of the molecule is [2H]N[C@@H](Cc1ccccc1)C(=O)C(=O)[C@@H](N)CS. The monoisotopic (exact) mass is 253 g/mol. The van der Waals surface area contributed by atoms with Crippen LogP contribution in [0.3, 0.4) is 0 Å². The van der Waals surface area contributed by atoms with Gasteiger partial charge in [-0.1, -0.05) is 30.3 Å². The second-order valence-corrected chi connectivity index (χ2v) is 4.13. The molecule has 4 N–H and O–H groups in total. The van der Waals surface area contributed by atoms with E-state index in [-0.39, 0.29) is 12.2 Å². The Labute approximate surface area is 107 Å². The van der Waals surface area contributed by atoms with Crippen molar-refractivity contribution in [2.24, 2.45) is 11.5 Å². The summed E-state index contributed by atoms with van der Waals surface area (Å²) in [6, 6.07) is 7.42. The van der Waals surface area contributed by atoms with E-state index in [0.29, 0.717) is 0 Å². The maximum atomic E-state index is 11.8. The molecular formula is C12H16N2O2S. The fourth-order valence-electron chi connectivity index (χ4n) is 1.38. The molecule has 1 aromatic carbocycles. The van der Waals surface area contributed by atoms with Crippen molar-refractivity contribution in [1.29, 1.82) is 0 Å². The van der Waals surface area contributed by atoms with E-state index in [1.54, 1.807) is 0 Å². The molecule has 0 saturated heterocycles. The minimum absolute atomic E-state index is 0.112. The summed E-state index contributed by atoms with van der Waals surface area (Å²) < 4.78 is 7.15. The highest BCUT2D eigenvalue weighted by atomic mass is 32.1. The van der Waals surface area contributed by atoms with Gasteiger partial charge in [0.2, 0.25) is 11.6 Å². The van der Waals surface area contributed by atoms with Crippen LogP contribution < -0.4 is 11.5 Å². The Morgan fingerprint density at radius 2 is 1.82 bits per heavy atom. The molecule has 4 nitrogen and oxygen atoms in total. The number of hydrogen-bond acceptors (Lipinski definition) is 5. The molecule has 0 aliphatic rings. The van der Waals surface area contributed by atoms with Crippen LogP contribution in [0.5, 0.6) is 0 Å². The van der Waals surface area contributed by atoms with Crippen LogP contribution in [0.15, 0.2) is 30.3 Å². The average Bonchev–Trinajstić information content (AvgIpc) is 2.43. The smallest absolute Gasteiger partial charge is 0.217 e. The zero-order valence-electron chi connectivity index (χ0n) is 10.3. The summed E-state index contributed by atoms with van der Waals surface area (Å²) in [6.07, 6.45) is 0.286. The van der Waals surface area contributed by atoms with Gasteiger partial charge in [-0.05, 0) is 12.0 Å². The summed E-state index contributed by atoms with van der Waals surface area (Å²) in [5, 5.41) is 0. The molecule has 0 amide bonds. The van der Waals surface area contributed by atoms with E-state index in [1.165, 1.54) is 0 Å². The second-order valence-electron chi connectivity index (χ2n) is 3.76. The standard InChI is InChI=1S/C12H16N2O2S/c13-9(6-8-4-2-1-3-5-8)11(15)12(16)10(14)7-17/h1-5,9-10,17H,6-7,13-14H2/t9-,10-/m0/s1/i/hD. The largest absolute Gasteiger partial charge is 0.321 e. The average molecular weight is 253 g/mol. The molecule has 0 bridgehead atoms. The van der Waals surface area contributed by atoms with Gasteiger partial charge in [-0.15, -0.1) is 0 Å². The quantitative estimate of drug-likeness (QED) is 0.470. The third kappa shape index (κ3) is 3.96. The van der Waals surface area contributed by atoms with Gasteiger partial charge < -0.3 is 11.5 Å². The number of rotatable bonds is 7. The van der Waals surface area contributed by atoms with E-state index in [0.717, 1.165) is 5.56 Å². The van der Waals surface area contributed by atoms with Gasteiger partial charge in [-0.2, -0.15) is 12.6 Å². The molecule has 0 aromatic heterocycles. The van der Waals surface area contributed by atoms with Crippen molar-refractivity contribution in [3.63, 3.8) is 0 Å². The molecule has 0 unspecified atom stereocenters. The Hall–Kier alpha value is -1.17. The fraction of sp³-hybridized carbons (Fsp3) is 0.333. The van der Waals surface area contributed by atoms with Crippen molar-refractivity contribution in [3.8, 4) is 0 Å². The molecule has 1 rings (SSSR count). The van der Waals surface area contributed by atoms with Crippen molar-refractivity contribution >= 4 is 24.2 Å². The fourth-order valence-corrected chi connectivity index (χ4v) is 1.55. The molecule has 1 aromatic rings. The van der Waals surface area contributed by atoms with E-state index in [4.69, 9.17) is 7.15 Å². The molecule has 2 atom stereocenters. The van der Waals surface area contributed by atoms with Crippen LogP contribution in [0.1, 0.15) is 5.56 Å². The van der Waals surface area contributed by atoms with Gasteiger partial charge in [0, 0.05) is 5.75 Å². The summed E-state index contributed by atoms with van der Waals surface area (Å²) in [6.45, 7) is 0. The van der Waals surface area contributed by atoms with Crippen LogP contribution in [-0.4, -0.2) is 29.4 Å². The lowest BCUT2D eigenvalue weighted by atomic mass is 9.98. The Morgan fingerprint density at radius 3 is 2.35 bits per heavy atom. The number of carbonyl (C=O) groups is 2. The lowest BCUT2D eigenvalue weighted by Crippen LogP contribution is -2.46. The third-order valence-corrected chi connectivity index (χ3v) is 2.77. The number of hydrogen-bond donors (Lipinski definition) is 3. The number of thiol groups is 1. The van der Waals surface area contributed by atoms with E-state index >= 15 is 0 Å². The van der Waals surface area contributed by atoms with Gasteiger partial charge in [0.1, 0.15) is 1.41 Å². The summed E-state index contributed by atoms with van der Waals surface area (Å²) in [4.78, 5) is 23.5. The Balaban J connectivity index is 2.72. The van der Waals surface area contributed by atoms with E-state index in [2.05, 4.69) is 18.4 Å². The van der Waals surface area contributed by atoms with Crippen LogP contribution in [0.4, 0.5) is 0 Å². The highest BCUT2D eigenvalue weighted by Crippen LogP contribution is 2.03. The molecular weight excluding hydrogens is 236 g/mol. The number of Topliss-reactive ketones (excluding diaryl/α,β-unsaturated/α-hetero) is 2. The number of ketones is 2. The topological polar surface area (TPSA) is 86.2 Å². The Kier molecular flexibility index (Phi) is 4.73. The molecule has 5 heteroatoms. The summed E-state index contributed by atoms with van der Waals surface area (Å²) >= 11 is 3.88. The molecule has 0 aliphatic heterocycles. The van der Waals surface area contributed by atoms with Gasteiger partial charge in [-0.3, -0.25) is 9.59 Å². The molecule has 0 saturated carbocycles. The summed E-state index contributed by atoms with van der Waals surface area (Å²) in [5.41, 5.74) is 8.45. The predicted octanol–water partition coefficient (Wildman–Crippen LogP) is -0.0483. The molecule has 17 heavy (non-hydrogen) atoms. The molecule has 0 heterocycles. The van der Waals surface area contributed by atoms with Gasteiger partial charge >= 0.3 is 0 Å². The molecule has 0 radical (unpaired) electrons. The number of nitrogens with two attached hydrogens (primary N) is 2. The van der Waals surface area contributed by atoms with Gasteiger partial charge in [0.15, 0.2) is 0 Å². The van der Waals surface area contributed by atoms with Crippen LogP contribution in [0.25, 0.3) is 0 Å².